The molecule has 7 nitrogen and oxygen atoms in total. The summed E-state index contributed by atoms with van der Waals surface area (Å²) >= 11 is 0. The number of carbonyl (C=O) groups is 1. The maximum atomic E-state index is 12.1. The number of pyridine rings is 1. The summed E-state index contributed by atoms with van der Waals surface area (Å²) in [7, 11) is 5.44. The van der Waals surface area contributed by atoms with Crippen molar-refractivity contribution in [2.24, 2.45) is 7.05 Å². The van der Waals surface area contributed by atoms with E-state index in [4.69, 9.17) is 5.26 Å². The van der Waals surface area contributed by atoms with Crippen molar-refractivity contribution in [2.45, 2.75) is 0 Å². The molecule has 2 heterocycles. The first-order valence-electron chi connectivity index (χ1n) is 5.89. The summed E-state index contributed by atoms with van der Waals surface area (Å²) in [6.07, 6.45) is 3.10. The summed E-state index contributed by atoms with van der Waals surface area (Å²) in [4.78, 5) is 18.0. The Balaban J connectivity index is 2.24. The van der Waals surface area contributed by atoms with E-state index in [-0.39, 0.29) is 11.5 Å². The number of amides is 1. The van der Waals surface area contributed by atoms with E-state index in [2.05, 4.69) is 15.4 Å². The highest BCUT2D eigenvalue weighted by Gasteiger charge is 2.14. The molecule has 1 amide bonds. The Morgan fingerprint density at radius 3 is 2.90 bits per heavy atom. The zero-order valence-electron chi connectivity index (χ0n) is 11.5. The Morgan fingerprint density at radius 1 is 1.50 bits per heavy atom. The van der Waals surface area contributed by atoms with Crippen molar-refractivity contribution in [3.8, 4) is 6.07 Å². The second-order valence-electron chi connectivity index (χ2n) is 4.42. The van der Waals surface area contributed by atoms with E-state index in [0.717, 1.165) is 5.69 Å². The fourth-order valence-corrected chi connectivity index (χ4v) is 1.66. The van der Waals surface area contributed by atoms with Gasteiger partial charge in [-0.3, -0.25) is 14.5 Å². The van der Waals surface area contributed by atoms with Crippen LogP contribution in [0, 0.1) is 11.3 Å². The van der Waals surface area contributed by atoms with E-state index < -0.39 is 5.91 Å². The molecule has 1 N–H and O–H groups in total. The molecule has 0 atom stereocenters. The Bertz CT molecular complexity index is 682. The Labute approximate surface area is 116 Å². The van der Waals surface area contributed by atoms with Crippen LogP contribution in [0.2, 0.25) is 0 Å². The van der Waals surface area contributed by atoms with Crippen LogP contribution in [0.4, 0.5) is 11.5 Å². The van der Waals surface area contributed by atoms with Crippen molar-refractivity contribution in [1.82, 2.24) is 14.8 Å². The highest BCUT2D eigenvalue weighted by Crippen LogP contribution is 2.14. The summed E-state index contributed by atoms with van der Waals surface area (Å²) in [5.74, 6) is -0.166. The summed E-state index contributed by atoms with van der Waals surface area (Å²) in [6.45, 7) is 0. The fraction of sp³-hybridized carbons (Fsp3) is 0.231. The largest absolute Gasteiger partial charge is 0.378 e. The van der Waals surface area contributed by atoms with Crippen molar-refractivity contribution in [3.05, 3.63) is 35.8 Å². The van der Waals surface area contributed by atoms with Crippen LogP contribution in [0.1, 0.15) is 16.1 Å². The number of aryl methyl sites for hydroxylation is 1. The molecule has 0 aliphatic heterocycles. The molecule has 7 heteroatoms. The van der Waals surface area contributed by atoms with Crippen molar-refractivity contribution in [2.75, 3.05) is 24.3 Å². The molecule has 0 aliphatic rings. The van der Waals surface area contributed by atoms with Crippen molar-refractivity contribution in [1.29, 1.82) is 5.26 Å². The lowest BCUT2D eigenvalue weighted by Crippen LogP contribution is -2.16. The van der Waals surface area contributed by atoms with Crippen LogP contribution in [-0.2, 0) is 7.05 Å². The van der Waals surface area contributed by atoms with E-state index in [1.807, 2.05) is 25.1 Å². The molecule has 2 aromatic rings. The van der Waals surface area contributed by atoms with Gasteiger partial charge in [0.15, 0.2) is 5.82 Å². The molecule has 20 heavy (non-hydrogen) atoms. The van der Waals surface area contributed by atoms with Gasteiger partial charge in [0.1, 0.15) is 17.3 Å². The van der Waals surface area contributed by atoms with Gasteiger partial charge in [-0.05, 0) is 12.1 Å². The molecular formula is C13H14N6O. The van der Waals surface area contributed by atoms with Gasteiger partial charge in [-0.2, -0.15) is 10.4 Å². The SMILES string of the molecule is CN(C)c1ccnc(C(=O)Nc2nn(C)cc2C#N)c1. The van der Waals surface area contributed by atoms with Gasteiger partial charge < -0.3 is 10.2 Å². The quantitative estimate of drug-likeness (QED) is 0.899. The molecule has 0 saturated carbocycles. The van der Waals surface area contributed by atoms with E-state index in [9.17, 15) is 4.79 Å². The molecule has 0 radical (unpaired) electrons. The minimum atomic E-state index is -0.399. The van der Waals surface area contributed by atoms with Crippen LogP contribution in [0.25, 0.3) is 0 Å². The fourth-order valence-electron chi connectivity index (χ4n) is 1.66. The molecule has 0 aromatic carbocycles. The molecule has 0 fully saturated rings. The third kappa shape index (κ3) is 2.75. The van der Waals surface area contributed by atoms with Crippen LogP contribution in [0.15, 0.2) is 24.5 Å². The molecule has 0 spiro atoms. The Kier molecular flexibility index (Phi) is 3.66. The average molecular weight is 270 g/mol. The predicted octanol–water partition coefficient (Wildman–Crippen LogP) is 1.01. The maximum Gasteiger partial charge on any atom is 0.275 e. The number of carbonyl (C=O) groups excluding carboxylic acids is 1. The summed E-state index contributed by atoms with van der Waals surface area (Å²) in [5, 5.41) is 15.6. The highest BCUT2D eigenvalue weighted by molar-refractivity contribution is 6.03. The maximum absolute atomic E-state index is 12.1. The van der Waals surface area contributed by atoms with Crippen LogP contribution in [0.3, 0.4) is 0 Å². The molecule has 102 valence electrons. The Morgan fingerprint density at radius 2 is 2.25 bits per heavy atom. The molecule has 0 saturated heterocycles. The van der Waals surface area contributed by atoms with Gasteiger partial charge in [0.2, 0.25) is 0 Å². The van der Waals surface area contributed by atoms with Crippen molar-refractivity contribution >= 4 is 17.4 Å². The number of hydrogen-bond donors (Lipinski definition) is 1. The van der Waals surface area contributed by atoms with Gasteiger partial charge in [0.25, 0.3) is 5.91 Å². The van der Waals surface area contributed by atoms with Gasteiger partial charge in [-0.1, -0.05) is 0 Å². The second kappa shape index (κ2) is 5.40. The Hall–Kier alpha value is -2.88. The number of aromatic nitrogens is 3. The first-order valence-corrected chi connectivity index (χ1v) is 5.89. The number of anilines is 2. The van der Waals surface area contributed by atoms with Gasteiger partial charge in [0.05, 0.1) is 0 Å². The minimum Gasteiger partial charge on any atom is -0.378 e. The van der Waals surface area contributed by atoms with Gasteiger partial charge >= 0.3 is 0 Å². The van der Waals surface area contributed by atoms with Gasteiger partial charge in [-0.15, -0.1) is 0 Å². The highest BCUT2D eigenvalue weighted by atomic mass is 16.2. The molecule has 2 rings (SSSR count). The third-order valence-electron chi connectivity index (χ3n) is 2.67. The van der Waals surface area contributed by atoms with Gasteiger partial charge in [0, 0.05) is 39.2 Å². The molecular weight excluding hydrogens is 256 g/mol. The first kappa shape index (κ1) is 13.5. The van der Waals surface area contributed by atoms with E-state index in [0.29, 0.717) is 5.56 Å². The van der Waals surface area contributed by atoms with Crippen LogP contribution in [0.5, 0.6) is 0 Å². The zero-order valence-corrected chi connectivity index (χ0v) is 11.5. The van der Waals surface area contributed by atoms with Crippen LogP contribution in [-0.4, -0.2) is 34.8 Å². The van der Waals surface area contributed by atoms with Crippen LogP contribution < -0.4 is 10.2 Å². The standard InChI is InChI=1S/C13H14N6O/c1-18(2)10-4-5-15-11(6-10)13(20)16-12-9(7-14)8-19(3)17-12/h4-6,8H,1-3H3,(H,16,17,20). The molecule has 0 bridgehead atoms. The van der Waals surface area contributed by atoms with Crippen molar-refractivity contribution in [3.63, 3.8) is 0 Å². The van der Waals surface area contributed by atoms with E-state index >= 15 is 0 Å². The summed E-state index contributed by atoms with van der Waals surface area (Å²) < 4.78 is 1.47. The molecule has 2 aromatic heterocycles. The van der Waals surface area contributed by atoms with Crippen molar-refractivity contribution < 1.29 is 4.79 Å². The number of nitrogens with zero attached hydrogens (tertiary/aromatic N) is 5. The zero-order chi connectivity index (χ0) is 14.7. The number of nitrogens with one attached hydrogen (secondary N) is 1. The summed E-state index contributed by atoms with van der Waals surface area (Å²) in [5.41, 5.74) is 1.45. The number of hydrogen-bond acceptors (Lipinski definition) is 5. The topological polar surface area (TPSA) is 86.8 Å². The minimum absolute atomic E-state index is 0.233. The third-order valence-corrected chi connectivity index (χ3v) is 2.67. The summed E-state index contributed by atoms with van der Waals surface area (Å²) in [6, 6.07) is 5.45. The van der Waals surface area contributed by atoms with Crippen LogP contribution >= 0.6 is 0 Å². The number of nitriles is 1. The lowest BCUT2D eigenvalue weighted by Gasteiger charge is -2.12. The monoisotopic (exact) mass is 270 g/mol. The average Bonchev–Trinajstić information content (AvgIpc) is 2.78. The lowest BCUT2D eigenvalue weighted by molar-refractivity contribution is 0.102. The van der Waals surface area contributed by atoms with Gasteiger partial charge in [-0.25, -0.2) is 0 Å². The smallest absolute Gasteiger partial charge is 0.275 e. The second-order valence-corrected chi connectivity index (χ2v) is 4.42. The van der Waals surface area contributed by atoms with E-state index in [1.165, 1.54) is 4.68 Å². The normalized spacial score (nSPS) is 9.90. The first-order chi connectivity index (χ1) is 9.51. The molecule has 0 unspecified atom stereocenters. The number of rotatable bonds is 3. The molecule has 0 aliphatic carbocycles. The lowest BCUT2D eigenvalue weighted by atomic mass is 10.3. The van der Waals surface area contributed by atoms with E-state index in [1.54, 1.807) is 31.6 Å². The predicted molar refractivity (Wildman–Crippen MR) is 74.4 cm³/mol.